The summed E-state index contributed by atoms with van der Waals surface area (Å²) in [6.45, 7) is 10.7. The molecule has 1 atom stereocenters. The van der Waals surface area contributed by atoms with Gasteiger partial charge in [-0.15, -0.1) is 0 Å². The molecule has 0 radical (unpaired) electrons. The fourth-order valence-electron chi connectivity index (χ4n) is 5.41. The summed E-state index contributed by atoms with van der Waals surface area (Å²) in [5.41, 5.74) is 8.11. The number of benzene rings is 3. The Hall–Kier alpha value is -3.25. The van der Waals surface area contributed by atoms with Crippen molar-refractivity contribution < 1.29 is 5.11 Å². The van der Waals surface area contributed by atoms with Gasteiger partial charge in [0, 0.05) is 44.0 Å². The smallest absolute Gasteiger partial charge is 0.137 e. The van der Waals surface area contributed by atoms with Gasteiger partial charge in [-0.2, -0.15) is 0 Å². The predicted molar refractivity (Wildman–Crippen MR) is 146 cm³/mol. The number of rotatable bonds is 7. The van der Waals surface area contributed by atoms with Gasteiger partial charge in [-0.05, 0) is 43.0 Å². The molecule has 1 saturated heterocycles. The van der Waals surface area contributed by atoms with Crippen molar-refractivity contribution in [2.24, 2.45) is 0 Å². The van der Waals surface area contributed by atoms with E-state index in [0.29, 0.717) is 6.54 Å². The zero-order chi connectivity index (χ0) is 25.1. The highest BCUT2D eigenvalue weighted by Gasteiger charge is 2.29. The number of aromatic nitrogens is 2. The van der Waals surface area contributed by atoms with Gasteiger partial charge in [0.05, 0.1) is 11.7 Å². The molecule has 5 nitrogen and oxygen atoms in total. The minimum absolute atomic E-state index is 0.237. The molecule has 1 unspecified atom stereocenters. The van der Waals surface area contributed by atoms with Crippen LogP contribution in [0.3, 0.4) is 0 Å². The van der Waals surface area contributed by atoms with Crippen molar-refractivity contribution >= 4 is 0 Å². The molecule has 0 bridgehead atoms. The molecule has 3 aromatic carbocycles. The molecule has 36 heavy (non-hydrogen) atoms. The Labute approximate surface area is 214 Å². The van der Waals surface area contributed by atoms with E-state index in [0.717, 1.165) is 49.0 Å². The molecule has 2 heterocycles. The monoisotopic (exact) mass is 480 g/mol. The number of aromatic amines is 1. The zero-order valence-corrected chi connectivity index (χ0v) is 21.5. The third-order valence-corrected chi connectivity index (χ3v) is 7.45. The van der Waals surface area contributed by atoms with Crippen LogP contribution in [0, 0.1) is 20.8 Å². The van der Waals surface area contributed by atoms with E-state index in [2.05, 4.69) is 77.2 Å². The number of β-amino-alcohol motifs (C(OH)–C–C–N with tert-alkyl or cyclic N) is 1. The number of imidazole rings is 1. The fourth-order valence-corrected chi connectivity index (χ4v) is 5.41. The number of nitrogens with one attached hydrogen (secondary N) is 1. The summed E-state index contributed by atoms with van der Waals surface area (Å²) in [5.74, 6) is 0.811. The molecule has 5 heteroatoms. The molecule has 0 spiro atoms. The van der Waals surface area contributed by atoms with Crippen molar-refractivity contribution in [3.8, 4) is 11.4 Å². The Bertz CT molecular complexity index is 1250. The number of H-pyrrole nitrogens is 1. The quantitative estimate of drug-likeness (QED) is 0.370. The molecule has 0 saturated carbocycles. The maximum absolute atomic E-state index is 11.1. The van der Waals surface area contributed by atoms with Crippen molar-refractivity contribution in [1.82, 2.24) is 19.8 Å². The summed E-state index contributed by atoms with van der Waals surface area (Å²) >= 11 is 0. The van der Waals surface area contributed by atoms with E-state index in [-0.39, 0.29) is 6.04 Å². The predicted octanol–water partition coefficient (Wildman–Crippen LogP) is 5.44. The number of piperazine rings is 1. The maximum Gasteiger partial charge on any atom is 0.137 e. The van der Waals surface area contributed by atoms with Crippen LogP contribution in [-0.4, -0.2) is 57.6 Å². The minimum atomic E-state index is -0.617. The van der Waals surface area contributed by atoms with Gasteiger partial charge in [0.1, 0.15) is 11.9 Å². The van der Waals surface area contributed by atoms with Crippen LogP contribution >= 0.6 is 0 Å². The van der Waals surface area contributed by atoms with Crippen molar-refractivity contribution in [2.45, 2.75) is 32.9 Å². The van der Waals surface area contributed by atoms with E-state index in [1.807, 2.05) is 37.3 Å². The topological polar surface area (TPSA) is 55.4 Å². The van der Waals surface area contributed by atoms with Crippen molar-refractivity contribution in [2.75, 3.05) is 32.7 Å². The molecule has 1 aliphatic rings. The maximum atomic E-state index is 11.1. The average Bonchev–Trinajstić information content (AvgIpc) is 3.29. The Morgan fingerprint density at radius 1 is 0.778 bits per heavy atom. The van der Waals surface area contributed by atoms with Gasteiger partial charge in [0.25, 0.3) is 0 Å². The highest BCUT2D eigenvalue weighted by molar-refractivity contribution is 5.55. The molecule has 0 aliphatic carbocycles. The third kappa shape index (κ3) is 5.14. The standard InChI is InChI=1S/C31H36N4O/c1-22-11-7-9-15-26(22)30(27-16-10-8-12-23(27)2)35-19-17-34(18-20-35)21-28(36)29-24(3)32-31(33-29)25-13-5-4-6-14-25/h4-16,28,30,36H,17-21H2,1-3H3,(H,32,33). The van der Waals surface area contributed by atoms with E-state index in [1.54, 1.807) is 0 Å². The van der Waals surface area contributed by atoms with Crippen LogP contribution in [0.25, 0.3) is 11.4 Å². The first kappa shape index (κ1) is 24.4. The first-order valence-corrected chi connectivity index (χ1v) is 12.9. The SMILES string of the molecule is Cc1ccccc1C(c1ccccc1C)N1CCN(CC(O)c2nc(-c3ccccc3)[nH]c2C)CC1. The van der Waals surface area contributed by atoms with Gasteiger partial charge in [-0.1, -0.05) is 78.9 Å². The number of aliphatic hydroxyl groups is 1. The van der Waals surface area contributed by atoms with Crippen molar-refractivity contribution in [3.05, 3.63) is 113 Å². The summed E-state index contributed by atoms with van der Waals surface area (Å²) in [4.78, 5) is 13.1. The second kappa shape index (κ2) is 10.8. The Balaban J connectivity index is 1.29. The fraction of sp³-hybridized carbons (Fsp3) is 0.323. The van der Waals surface area contributed by atoms with Gasteiger partial charge in [0.2, 0.25) is 0 Å². The van der Waals surface area contributed by atoms with Gasteiger partial charge in [-0.3, -0.25) is 9.80 Å². The Morgan fingerprint density at radius 2 is 1.33 bits per heavy atom. The third-order valence-electron chi connectivity index (χ3n) is 7.45. The Kier molecular flexibility index (Phi) is 7.33. The van der Waals surface area contributed by atoms with Gasteiger partial charge in [0.15, 0.2) is 0 Å². The van der Waals surface area contributed by atoms with E-state index in [1.165, 1.54) is 22.3 Å². The van der Waals surface area contributed by atoms with Gasteiger partial charge in [-0.25, -0.2) is 4.98 Å². The highest BCUT2D eigenvalue weighted by atomic mass is 16.3. The van der Waals surface area contributed by atoms with E-state index in [4.69, 9.17) is 4.98 Å². The summed E-state index contributed by atoms with van der Waals surface area (Å²) in [5, 5.41) is 11.1. The van der Waals surface area contributed by atoms with Crippen LogP contribution in [0.4, 0.5) is 0 Å². The number of aryl methyl sites for hydroxylation is 3. The molecule has 2 N–H and O–H groups in total. The van der Waals surface area contributed by atoms with E-state index < -0.39 is 6.10 Å². The average molecular weight is 481 g/mol. The lowest BCUT2D eigenvalue weighted by molar-refractivity contribution is 0.0604. The summed E-state index contributed by atoms with van der Waals surface area (Å²) in [6.07, 6.45) is -0.617. The normalized spacial score (nSPS) is 15.9. The highest BCUT2D eigenvalue weighted by Crippen LogP contribution is 2.33. The zero-order valence-electron chi connectivity index (χ0n) is 21.5. The second-order valence-electron chi connectivity index (χ2n) is 9.93. The molecule has 186 valence electrons. The van der Waals surface area contributed by atoms with Crippen LogP contribution in [0.1, 0.15) is 45.8 Å². The van der Waals surface area contributed by atoms with Crippen LogP contribution in [0.2, 0.25) is 0 Å². The largest absolute Gasteiger partial charge is 0.385 e. The van der Waals surface area contributed by atoms with Crippen LogP contribution in [-0.2, 0) is 0 Å². The molecule has 1 aliphatic heterocycles. The summed E-state index contributed by atoms with van der Waals surface area (Å²) in [6, 6.07) is 27.8. The van der Waals surface area contributed by atoms with Crippen molar-refractivity contribution in [3.63, 3.8) is 0 Å². The molecule has 5 rings (SSSR count). The number of hydrogen-bond donors (Lipinski definition) is 2. The lowest BCUT2D eigenvalue weighted by Gasteiger charge is -2.41. The lowest BCUT2D eigenvalue weighted by Crippen LogP contribution is -2.49. The number of hydrogen-bond acceptors (Lipinski definition) is 4. The van der Waals surface area contributed by atoms with Crippen LogP contribution in [0.5, 0.6) is 0 Å². The summed E-state index contributed by atoms with van der Waals surface area (Å²) < 4.78 is 0. The van der Waals surface area contributed by atoms with Crippen molar-refractivity contribution in [1.29, 1.82) is 0 Å². The number of nitrogens with zero attached hydrogens (tertiary/aromatic N) is 3. The lowest BCUT2D eigenvalue weighted by atomic mass is 9.90. The molecule has 1 fully saturated rings. The van der Waals surface area contributed by atoms with E-state index in [9.17, 15) is 5.11 Å². The Morgan fingerprint density at radius 3 is 1.92 bits per heavy atom. The van der Waals surface area contributed by atoms with Crippen LogP contribution < -0.4 is 0 Å². The molecule has 1 aromatic heterocycles. The first-order valence-electron chi connectivity index (χ1n) is 12.9. The van der Waals surface area contributed by atoms with Gasteiger partial charge < -0.3 is 10.1 Å². The molecule has 0 amide bonds. The first-order chi connectivity index (χ1) is 17.5. The second-order valence-corrected chi connectivity index (χ2v) is 9.93. The van der Waals surface area contributed by atoms with E-state index >= 15 is 0 Å². The van der Waals surface area contributed by atoms with Crippen LogP contribution in [0.15, 0.2) is 78.9 Å². The molecular formula is C31H36N4O. The molecular weight excluding hydrogens is 444 g/mol. The number of aliphatic hydroxyl groups excluding tert-OH is 1. The van der Waals surface area contributed by atoms with Gasteiger partial charge >= 0.3 is 0 Å². The minimum Gasteiger partial charge on any atom is -0.385 e. The summed E-state index contributed by atoms with van der Waals surface area (Å²) in [7, 11) is 0. The molecule has 4 aromatic rings.